The standard InChI is InChI=1S/C13H20N2/c1-4-13(2,3)15-8-10-6-5-7-12(14)11(10)9-15/h5-7H,4,8-9,14H2,1-3H3. The van der Waals surface area contributed by atoms with Crippen molar-refractivity contribution in [3.8, 4) is 0 Å². The van der Waals surface area contributed by atoms with Gasteiger partial charge in [-0.15, -0.1) is 0 Å². The second kappa shape index (κ2) is 3.53. The summed E-state index contributed by atoms with van der Waals surface area (Å²) in [5.74, 6) is 0. The van der Waals surface area contributed by atoms with Crippen LogP contribution in [0, 0.1) is 0 Å². The van der Waals surface area contributed by atoms with E-state index in [0.717, 1.165) is 18.8 Å². The van der Waals surface area contributed by atoms with Gasteiger partial charge in [0.05, 0.1) is 0 Å². The van der Waals surface area contributed by atoms with Crippen LogP contribution in [0.25, 0.3) is 0 Å². The van der Waals surface area contributed by atoms with E-state index in [-0.39, 0.29) is 5.54 Å². The third kappa shape index (κ3) is 1.74. The average Bonchev–Trinajstić information content (AvgIpc) is 2.64. The summed E-state index contributed by atoms with van der Waals surface area (Å²) in [7, 11) is 0. The average molecular weight is 204 g/mol. The van der Waals surface area contributed by atoms with Crippen LogP contribution in [0.15, 0.2) is 18.2 Å². The van der Waals surface area contributed by atoms with Crippen molar-refractivity contribution in [1.82, 2.24) is 4.90 Å². The van der Waals surface area contributed by atoms with Gasteiger partial charge in [0, 0.05) is 24.3 Å². The molecule has 0 atom stereocenters. The zero-order chi connectivity index (χ0) is 11.1. The molecule has 82 valence electrons. The Kier molecular flexibility index (Phi) is 2.47. The molecular weight excluding hydrogens is 184 g/mol. The van der Waals surface area contributed by atoms with Gasteiger partial charge in [0.1, 0.15) is 0 Å². The van der Waals surface area contributed by atoms with E-state index in [1.165, 1.54) is 17.5 Å². The lowest BCUT2D eigenvalue weighted by atomic mass is 10.00. The third-order valence-corrected chi connectivity index (χ3v) is 3.74. The molecule has 2 N–H and O–H groups in total. The number of nitrogens with zero attached hydrogens (tertiary/aromatic N) is 1. The summed E-state index contributed by atoms with van der Waals surface area (Å²) >= 11 is 0. The zero-order valence-corrected chi connectivity index (χ0v) is 9.88. The molecule has 2 rings (SSSR count). The van der Waals surface area contributed by atoms with Crippen molar-refractivity contribution >= 4 is 5.69 Å². The number of benzene rings is 1. The van der Waals surface area contributed by atoms with Crippen molar-refractivity contribution in [3.63, 3.8) is 0 Å². The minimum Gasteiger partial charge on any atom is -0.398 e. The molecule has 0 aliphatic carbocycles. The summed E-state index contributed by atoms with van der Waals surface area (Å²) in [4.78, 5) is 2.51. The van der Waals surface area contributed by atoms with Crippen LogP contribution in [0.5, 0.6) is 0 Å². The lowest BCUT2D eigenvalue weighted by Gasteiger charge is -2.34. The molecule has 2 heteroatoms. The molecule has 0 spiro atoms. The predicted octanol–water partition coefficient (Wildman–Crippen LogP) is 2.77. The van der Waals surface area contributed by atoms with E-state index in [0.29, 0.717) is 0 Å². The summed E-state index contributed by atoms with van der Waals surface area (Å²) in [6.07, 6.45) is 1.17. The molecule has 1 aromatic rings. The van der Waals surface area contributed by atoms with Crippen molar-refractivity contribution in [1.29, 1.82) is 0 Å². The first-order chi connectivity index (χ1) is 7.04. The van der Waals surface area contributed by atoms with Crippen LogP contribution in [0.1, 0.15) is 38.3 Å². The van der Waals surface area contributed by atoms with Crippen LogP contribution in [0.2, 0.25) is 0 Å². The summed E-state index contributed by atoms with van der Waals surface area (Å²) in [6.45, 7) is 8.89. The quantitative estimate of drug-likeness (QED) is 0.751. The van der Waals surface area contributed by atoms with E-state index in [9.17, 15) is 0 Å². The van der Waals surface area contributed by atoms with Gasteiger partial charge in [-0.05, 0) is 37.5 Å². The maximum atomic E-state index is 5.99. The predicted molar refractivity (Wildman–Crippen MR) is 64.5 cm³/mol. The van der Waals surface area contributed by atoms with Crippen LogP contribution in [0.4, 0.5) is 5.69 Å². The first kappa shape index (κ1) is 10.5. The van der Waals surface area contributed by atoms with E-state index >= 15 is 0 Å². The third-order valence-electron chi connectivity index (χ3n) is 3.74. The number of rotatable bonds is 2. The van der Waals surface area contributed by atoms with E-state index in [1.807, 2.05) is 6.07 Å². The fourth-order valence-electron chi connectivity index (χ4n) is 2.10. The summed E-state index contributed by atoms with van der Waals surface area (Å²) in [5.41, 5.74) is 9.94. The maximum absolute atomic E-state index is 5.99. The Balaban J connectivity index is 2.26. The van der Waals surface area contributed by atoms with Crippen molar-refractivity contribution in [2.45, 2.75) is 45.8 Å². The van der Waals surface area contributed by atoms with Crippen molar-refractivity contribution < 1.29 is 0 Å². The van der Waals surface area contributed by atoms with Crippen LogP contribution in [-0.4, -0.2) is 10.4 Å². The monoisotopic (exact) mass is 204 g/mol. The Morgan fingerprint density at radius 3 is 2.67 bits per heavy atom. The molecule has 0 radical (unpaired) electrons. The van der Waals surface area contributed by atoms with Gasteiger partial charge in [0.15, 0.2) is 0 Å². The zero-order valence-electron chi connectivity index (χ0n) is 9.88. The van der Waals surface area contributed by atoms with Gasteiger partial charge in [-0.25, -0.2) is 0 Å². The second-order valence-corrected chi connectivity index (χ2v) is 5.01. The van der Waals surface area contributed by atoms with E-state index in [4.69, 9.17) is 5.73 Å². The Hall–Kier alpha value is -1.02. The highest BCUT2D eigenvalue weighted by Crippen LogP contribution is 2.33. The number of fused-ring (bicyclic) bond motifs is 1. The molecule has 1 aliphatic heterocycles. The fraction of sp³-hybridized carbons (Fsp3) is 0.538. The molecule has 0 saturated carbocycles. The lowest BCUT2D eigenvalue weighted by molar-refractivity contribution is 0.114. The van der Waals surface area contributed by atoms with Gasteiger partial charge in [-0.2, -0.15) is 0 Å². The van der Waals surface area contributed by atoms with E-state index < -0.39 is 0 Å². The molecule has 1 aromatic carbocycles. The smallest absolute Gasteiger partial charge is 0.0363 e. The van der Waals surface area contributed by atoms with Gasteiger partial charge in [0.25, 0.3) is 0 Å². The summed E-state index contributed by atoms with van der Waals surface area (Å²) in [5, 5.41) is 0. The minimum atomic E-state index is 0.269. The highest BCUT2D eigenvalue weighted by atomic mass is 15.2. The van der Waals surface area contributed by atoms with Gasteiger partial charge < -0.3 is 5.73 Å². The molecule has 0 saturated heterocycles. The molecule has 2 nitrogen and oxygen atoms in total. The van der Waals surface area contributed by atoms with E-state index in [1.54, 1.807) is 0 Å². The van der Waals surface area contributed by atoms with E-state index in [2.05, 4.69) is 37.8 Å². The largest absolute Gasteiger partial charge is 0.398 e. The first-order valence-corrected chi connectivity index (χ1v) is 5.66. The Labute approximate surface area is 92.1 Å². The van der Waals surface area contributed by atoms with Crippen LogP contribution >= 0.6 is 0 Å². The number of anilines is 1. The molecule has 0 amide bonds. The second-order valence-electron chi connectivity index (χ2n) is 5.01. The Morgan fingerprint density at radius 1 is 1.33 bits per heavy atom. The molecule has 0 fully saturated rings. The van der Waals surface area contributed by atoms with Crippen molar-refractivity contribution in [3.05, 3.63) is 29.3 Å². The molecule has 0 unspecified atom stereocenters. The Bertz CT molecular complexity index is 369. The number of hydrogen-bond donors (Lipinski definition) is 1. The fourth-order valence-corrected chi connectivity index (χ4v) is 2.10. The highest BCUT2D eigenvalue weighted by molar-refractivity contribution is 5.52. The first-order valence-electron chi connectivity index (χ1n) is 5.66. The molecule has 15 heavy (non-hydrogen) atoms. The number of nitrogens with two attached hydrogens (primary N) is 1. The number of hydrogen-bond acceptors (Lipinski definition) is 2. The van der Waals surface area contributed by atoms with Crippen molar-refractivity contribution in [2.75, 3.05) is 5.73 Å². The van der Waals surface area contributed by atoms with Gasteiger partial charge >= 0.3 is 0 Å². The van der Waals surface area contributed by atoms with Crippen molar-refractivity contribution in [2.24, 2.45) is 0 Å². The van der Waals surface area contributed by atoms with Crippen LogP contribution < -0.4 is 5.73 Å². The summed E-state index contributed by atoms with van der Waals surface area (Å²) in [6, 6.07) is 6.25. The summed E-state index contributed by atoms with van der Waals surface area (Å²) < 4.78 is 0. The molecule has 0 aromatic heterocycles. The van der Waals surface area contributed by atoms with Crippen LogP contribution in [-0.2, 0) is 13.1 Å². The lowest BCUT2D eigenvalue weighted by Crippen LogP contribution is -2.39. The highest BCUT2D eigenvalue weighted by Gasteiger charge is 2.30. The SMILES string of the molecule is CCC(C)(C)N1Cc2cccc(N)c2C1. The topological polar surface area (TPSA) is 29.3 Å². The van der Waals surface area contributed by atoms with Crippen LogP contribution in [0.3, 0.4) is 0 Å². The molecule has 0 bridgehead atoms. The maximum Gasteiger partial charge on any atom is 0.0363 e. The normalized spacial score (nSPS) is 16.7. The molecule has 1 heterocycles. The van der Waals surface area contributed by atoms with Gasteiger partial charge in [-0.1, -0.05) is 19.1 Å². The Morgan fingerprint density at radius 2 is 2.07 bits per heavy atom. The number of nitrogen functional groups attached to an aromatic ring is 1. The molecular formula is C13H20N2. The molecule has 1 aliphatic rings. The van der Waals surface area contributed by atoms with Gasteiger partial charge in [0.2, 0.25) is 0 Å². The minimum absolute atomic E-state index is 0.269. The van der Waals surface area contributed by atoms with Gasteiger partial charge in [-0.3, -0.25) is 4.90 Å².